The van der Waals surface area contributed by atoms with Crippen molar-refractivity contribution in [1.29, 1.82) is 0 Å². The Morgan fingerprint density at radius 2 is 1.86 bits per heavy atom. The summed E-state index contributed by atoms with van der Waals surface area (Å²) >= 11 is 5.89. The van der Waals surface area contributed by atoms with Crippen LogP contribution in [0.1, 0.15) is 5.56 Å². The summed E-state index contributed by atoms with van der Waals surface area (Å²) in [4.78, 5) is 20.9. The predicted molar refractivity (Wildman–Crippen MR) is 107 cm³/mol. The number of amides is 1. The summed E-state index contributed by atoms with van der Waals surface area (Å²) in [6, 6.07) is 18.1. The minimum absolute atomic E-state index is 0.151. The fourth-order valence-corrected chi connectivity index (χ4v) is 2.83. The van der Waals surface area contributed by atoms with Crippen molar-refractivity contribution in [3.05, 3.63) is 83.6 Å². The van der Waals surface area contributed by atoms with Crippen molar-refractivity contribution in [1.82, 2.24) is 15.1 Å². The molecule has 0 fully saturated rings. The van der Waals surface area contributed by atoms with Crippen molar-refractivity contribution in [2.75, 3.05) is 5.32 Å². The third-order valence-electron chi connectivity index (χ3n) is 4.06. The van der Waals surface area contributed by atoms with Gasteiger partial charge in [0, 0.05) is 23.0 Å². The number of hydrogen-bond donors (Lipinski definition) is 1. The molecule has 138 valence electrons. The molecular formula is C21H15ClN4O2. The number of rotatable bonds is 5. The van der Waals surface area contributed by atoms with Gasteiger partial charge in [-0.15, -0.1) is 0 Å². The second kappa shape index (κ2) is 8.02. The Kier molecular flexibility index (Phi) is 5.12. The summed E-state index contributed by atoms with van der Waals surface area (Å²) in [5.41, 5.74) is 2.87. The first-order valence-electron chi connectivity index (χ1n) is 8.57. The van der Waals surface area contributed by atoms with Crippen LogP contribution in [0.4, 0.5) is 5.69 Å². The number of carbonyl (C=O) groups is 1. The van der Waals surface area contributed by atoms with Crippen LogP contribution in [-0.2, 0) is 11.2 Å². The number of benzene rings is 2. The molecule has 1 amide bonds. The van der Waals surface area contributed by atoms with E-state index in [9.17, 15) is 4.79 Å². The first-order chi connectivity index (χ1) is 13.7. The molecule has 0 atom stereocenters. The summed E-state index contributed by atoms with van der Waals surface area (Å²) in [6.07, 6.45) is 3.57. The molecule has 2 heterocycles. The highest BCUT2D eigenvalue weighted by molar-refractivity contribution is 6.30. The lowest BCUT2D eigenvalue weighted by Gasteiger charge is -2.08. The van der Waals surface area contributed by atoms with E-state index in [1.54, 1.807) is 36.7 Å². The lowest BCUT2D eigenvalue weighted by atomic mass is 10.1. The summed E-state index contributed by atoms with van der Waals surface area (Å²) in [6.45, 7) is 0. The lowest BCUT2D eigenvalue weighted by molar-refractivity contribution is -0.115. The third-order valence-corrected chi connectivity index (χ3v) is 4.31. The van der Waals surface area contributed by atoms with Crippen molar-refractivity contribution in [2.24, 2.45) is 0 Å². The van der Waals surface area contributed by atoms with Crippen molar-refractivity contribution < 1.29 is 9.32 Å². The molecule has 0 saturated heterocycles. The summed E-state index contributed by atoms with van der Waals surface area (Å²) < 4.78 is 5.40. The highest BCUT2D eigenvalue weighted by atomic mass is 35.5. The van der Waals surface area contributed by atoms with Gasteiger partial charge in [0.1, 0.15) is 0 Å². The second-order valence-corrected chi connectivity index (χ2v) is 6.50. The van der Waals surface area contributed by atoms with Gasteiger partial charge >= 0.3 is 0 Å². The molecule has 6 nitrogen and oxygen atoms in total. The highest BCUT2D eigenvalue weighted by Crippen LogP contribution is 2.28. The minimum atomic E-state index is -0.151. The lowest BCUT2D eigenvalue weighted by Crippen LogP contribution is -2.15. The van der Waals surface area contributed by atoms with Crippen molar-refractivity contribution >= 4 is 23.2 Å². The number of halogens is 1. The molecule has 7 heteroatoms. The molecule has 4 rings (SSSR count). The van der Waals surface area contributed by atoms with Gasteiger partial charge in [-0.25, -0.2) is 0 Å². The second-order valence-electron chi connectivity index (χ2n) is 6.06. The van der Waals surface area contributed by atoms with E-state index in [-0.39, 0.29) is 12.3 Å². The van der Waals surface area contributed by atoms with E-state index >= 15 is 0 Å². The van der Waals surface area contributed by atoms with Gasteiger partial charge in [0.25, 0.3) is 5.89 Å². The molecule has 0 aliphatic carbocycles. The normalized spacial score (nSPS) is 10.6. The standard InChI is InChI=1S/C21H15ClN4O2/c22-16-9-7-14(8-10-16)12-19(27)24-18-6-2-1-5-17(18)21-25-20(26-28-21)15-4-3-11-23-13-15/h1-11,13H,12H2,(H,24,27). The van der Waals surface area contributed by atoms with Crippen LogP contribution in [0.5, 0.6) is 0 Å². The molecule has 0 aliphatic rings. The van der Waals surface area contributed by atoms with E-state index in [4.69, 9.17) is 16.1 Å². The molecule has 0 radical (unpaired) electrons. The Bertz CT molecular complexity index is 1090. The monoisotopic (exact) mass is 390 g/mol. The smallest absolute Gasteiger partial charge is 0.260 e. The zero-order valence-corrected chi connectivity index (χ0v) is 15.4. The molecule has 0 spiro atoms. The van der Waals surface area contributed by atoms with E-state index in [0.717, 1.165) is 11.1 Å². The Hall–Kier alpha value is -3.51. The van der Waals surface area contributed by atoms with E-state index in [1.165, 1.54) is 0 Å². The molecular weight excluding hydrogens is 376 g/mol. The third kappa shape index (κ3) is 4.07. The van der Waals surface area contributed by atoms with Gasteiger partial charge in [0.05, 0.1) is 17.7 Å². The maximum atomic E-state index is 12.5. The van der Waals surface area contributed by atoms with Crippen LogP contribution in [0, 0.1) is 0 Å². The average molecular weight is 391 g/mol. The van der Waals surface area contributed by atoms with Crippen molar-refractivity contribution in [3.63, 3.8) is 0 Å². The summed E-state index contributed by atoms with van der Waals surface area (Å²) in [5, 5.41) is 7.55. The van der Waals surface area contributed by atoms with Gasteiger partial charge in [0.2, 0.25) is 11.7 Å². The molecule has 0 saturated carbocycles. The average Bonchev–Trinajstić information content (AvgIpc) is 3.21. The predicted octanol–water partition coefficient (Wildman–Crippen LogP) is 4.63. The van der Waals surface area contributed by atoms with Gasteiger partial charge in [0.15, 0.2) is 0 Å². The number of aromatic nitrogens is 3. The van der Waals surface area contributed by atoms with Gasteiger partial charge in [-0.3, -0.25) is 9.78 Å². The zero-order chi connectivity index (χ0) is 19.3. The van der Waals surface area contributed by atoms with Crippen molar-refractivity contribution in [3.8, 4) is 22.8 Å². The summed E-state index contributed by atoms with van der Waals surface area (Å²) in [7, 11) is 0. The molecule has 1 N–H and O–H groups in total. The van der Waals surface area contributed by atoms with Gasteiger partial charge in [-0.1, -0.05) is 41.0 Å². The number of para-hydroxylation sites is 1. The number of nitrogens with zero attached hydrogens (tertiary/aromatic N) is 3. The number of hydrogen-bond acceptors (Lipinski definition) is 5. The van der Waals surface area contributed by atoms with Gasteiger partial charge in [-0.2, -0.15) is 4.98 Å². The Morgan fingerprint density at radius 1 is 1.04 bits per heavy atom. The molecule has 28 heavy (non-hydrogen) atoms. The minimum Gasteiger partial charge on any atom is -0.334 e. The van der Waals surface area contributed by atoms with E-state index < -0.39 is 0 Å². The number of carbonyl (C=O) groups excluding carboxylic acids is 1. The van der Waals surface area contributed by atoms with Crippen LogP contribution in [0.25, 0.3) is 22.8 Å². The fourth-order valence-electron chi connectivity index (χ4n) is 2.71. The van der Waals surface area contributed by atoms with E-state index in [0.29, 0.717) is 28.0 Å². The number of pyridine rings is 1. The van der Waals surface area contributed by atoms with Crippen LogP contribution >= 0.6 is 11.6 Å². The highest BCUT2D eigenvalue weighted by Gasteiger charge is 2.15. The maximum Gasteiger partial charge on any atom is 0.260 e. The Balaban J connectivity index is 1.55. The van der Waals surface area contributed by atoms with Crippen LogP contribution in [0.2, 0.25) is 5.02 Å². The molecule has 2 aromatic carbocycles. The number of anilines is 1. The van der Waals surface area contributed by atoms with Gasteiger partial charge in [-0.05, 0) is 42.0 Å². The molecule has 0 unspecified atom stereocenters. The number of nitrogens with one attached hydrogen (secondary N) is 1. The topological polar surface area (TPSA) is 80.9 Å². The van der Waals surface area contributed by atoms with Crippen LogP contribution in [0.15, 0.2) is 77.6 Å². The molecule has 0 bridgehead atoms. The Morgan fingerprint density at radius 3 is 2.64 bits per heavy atom. The van der Waals surface area contributed by atoms with E-state index in [2.05, 4.69) is 20.4 Å². The van der Waals surface area contributed by atoms with Crippen LogP contribution in [-0.4, -0.2) is 21.0 Å². The van der Waals surface area contributed by atoms with Crippen LogP contribution < -0.4 is 5.32 Å². The maximum absolute atomic E-state index is 12.5. The zero-order valence-electron chi connectivity index (χ0n) is 14.7. The first-order valence-corrected chi connectivity index (χ1v) is 8.94. The largest absolute Gasteiger partial charge is 0.334 e. The summed E-state index contributed by atoms with van der Waals surface area (Å²) in [5.74, 6) is 0.605. The first kappa shape index (κ1) is 17.9. The molecule has 2 aromatic heterocycles. The molecule has 0 aliphatic heterocycles. The quantitative estimate of drug-likeness (QED) is 0.537. The SMILES string of the molecule is O=C(Cc1ccc(Cl)cc1)Nc1ccccc1-c1nc(-c2cccnc2)no1. The fraction of sp³-hybridized carbons (Fsp3) is 0.0476. The van der Waals surface area contributed by atoms with Crippen molar-refractivity contribution in [2.45, 2.75) is 6.42 Å². The van der Waals surface area contributed by atoms with Gasteiger partial charge < -0.3 is 9.84 Å². The Labute approximate surface area is 166 Å². The van der Waals surface area contributed by atoms with E-state index in [1.807, 2.05) is 36.4 Å². The van der Waals surface area contributed by atoms with Crippen LogP contribution in [0.3, 0.4) is 0 Å². The molecule has 4 aromatic rings.